The molecule has 0 spiro atoms. The molecular weight excluding hydrogens is 367 g/mol. The molecule has 0 N–H and O–H groups in total. The molecule has 5 heteroatoms. The third-order valence-electron chi connectivity index (χ3n) is 3.28. The zero-order valence-electron chi connectivity index (χ0n) is 11.1. The van der Waals surface area contributed by atoms with Crippen LogP contribution in [0.15, 0.2) is 42.7 Å². The van der Waals surface area contributed by atoms with Crippen LogP contribution in [0.1, 0.15) is 5.56 Å². The smallest absolute Gasteiger partial charge is 0.192 e. The molecule has 2 aromatic heterocycles. The fraction of sp³-hybridized carbons (Fsp3) is 0.133. The molecule has 0 unspecified atom stereocenters. The van der Waals surface area contributed by atoms with Crippen molar-refractivity contribution in [2.24, 2.45) is 0 Å². The summed E-state index contributed by atoms with van der Waals surface area (Å²) in [5.41, 5.74) is 4.18. The summed E-state index contributed by atoms with van der Waals surface area (Å²) < 4.78 is 12.8. The average Bonchev–Trinajstić information content (AvgIpc) is 2.95. The van der Waals surface area contributed by atoms with Gasteiger partial charge in [0.25, 0.3) is 0 Å². The highest BCUT2D eigenvalue weighted by Crippen LogP contribution is 2.35. The molecule has 2 heterocycles. The second kappa shape index (κ2) is 5.32. The van der Waals surface area contributed by atoms with Crippen LogP contribution in [0.2, 0.25) is 0 Å². The van der Waals surface area contributed by atoms with E-state index in [1.807, 2.05) is 53.5 Å². The molecule has 0 amide bonds. The lowest BCUT2D eigenvalue weighted by Crippen LogP contribution is -1.97. The molecule has 0 radical (unpaired) electrons. The third kappa shape index (κ3) is 2.11. The van der Waals surface area contributed by atoms with Gasteiger partial charge in [-0.1, -0.05) is 6.07 Å². The first kappa shape index (κ1) is 13.2. The number of rotatable bonds is 3. The van der Waals surface area contributed by atoms with Gasteiger partial charge in [0.05, 0.1) is 12.8 Å². The Balaban J connectivity index is 2.30. The van der Waals surface area contributed by atoms with E-state index in [0.29, 0.717) is 0 Å². The Hall–Kier alpha value is -1.76. The van der Waals surface area contributed by atoms with E-state index >= 15 is 0 Å². The van der Waals surface area contributed by atoms with Gasteiger partial charge in [0, 0.05) is 24.0 Å². The van der Waals surface area contributed by atoms with Gasteiger partial charge in [0.15, 0.2) is 23.0 Å². The van der Waals surface area contributed by atoms with Crippen molar-refractivity contribution in [1.29, 1.82) is 0 Å². The maximum Gasteiger partial charge on any atom is 0.192 e. The number of benzene rings is 1. The van der Waals surface area contributed by atoms with Gasteiger partial charge >= 0.3 is 0 Å². The van der Waals surface area contributed by atoms with Crippen molar-refractivity contribution < 1.29 is 7.80 Å². The fourth-order valence-corrected chi connectivity index (χ4v) is 2.63. The highest BCUT2D eigenvalue weighted by atomic mass is 127. The van der Waals surface area contributed by atoms with E-state index in [9.17, 15) is 0 Å². The minimum Gasteiger partial charge on any atom is -0.496 e. The minimum absolute atomic E-state index is 0.765. The van der Waals surface area contributed by atoms with Crippen molar-refractivity contribution in [3.63, 3.8) is 0 Å². The first-order valence-corrected chi connectivity index (χ1v) is 7.02. The second-order valence-corrected chi connectivity index (χ2v) is 4.90. The quantitative estimate of drug-likeness (QED) is 0.644. The van der Waals surface area contributed by atoms with Gasteiger partial charge in [0.1, 0.15) is 17.1 Å². The number of hydrogen-bond donors (Lipinski definition) is 0. The van der Waals surface area contributed by atoms with Gasteiger partial charge in [-0.25, -0.2) is 4.98 Å². The number of aryl methyl sites for hydroxylation is 1. The minimum atomic E-state index is 0.765. The van der Waals surface area contributed by atoms with Crippen molar-refractivity contribution >= 4 is 28.7 Å². The predicted molar refractivity (Wildman–Crippen MR) is 86.6 cm³/mol. The SMILES string of the molecule is COc1cc(OI)ccc1-c1c(C)ccc2nccn12. The number of ether oxygens (including phenoxy) is 1. The number of imidazole rings is 1. The molecule has 3 rings (SSSR count). The second-order valence-electron chi connectivity index (χ2n) is 4.46. The van der Waals surface area contributed by atoms with Gasteiger partial charge in [0.2, 0.25) is 0 Å². The molecule has 20 heavy (non-hydrogen) atoms. The van der Waals surface area contributed by atoms with Crippen molar-refractivity contribution in [1.82, 2.24) is 9.38 Å². The molecule has 102 valence electrons. The summed E-state index contributed by atoms with van der Waals surface area (Å²) in [4.78, 5) is 4.33. The summed E-state index contributed by atoms with van der Waals surface area (Å²) in [7, 11) is 1.67. The Morgan fingerprint density at radius 2 is 2.05 bits per heavy atom. The lowest BCUT2D eigenvalue weighted by molar-refractivity contribution is 0.415. The van der Waals surface area contributed by atoms with Crippen LogP contribution in [0.4, 0.5) is 0 Å². The van der Waals surface area contributed by atoms with E-state index in [1.54, 1.807) is 13.3 Å². The van der Waals surface area contributed by atoms with E-state index in [1.165, 1.54) is 0 Å². The van der Waals surface area contributed by atoms with Crippen LogP contribution in [-0.2, 0) is 0 Å². The summed E-state index contributed by atoms with van der Waals surface area (Å²) in [6, 6.07) is 9.90. The van der Waals surface area contributed by atoms with Crippen LogP contribution in [0.25, 0.3) is 16.9 Å². The molecule has 0 saturated carbocycles. The molecule has 0 aliphatic carbocycles. The van der Waals surface area contributed by atoms with Crippen LogP contribution >= 0.6 is 23.0 Å². The van der Waals surface area contributed by atoms with Crippen molar-refractivity contribution in [3.05, 3.63) is 48.3 Å². The van der Waals surface area contributed by atoms with Gasteiger partial charge < -0.3 is 7.80 Å². The van der Waals surface area contributed by atoms with Crippen molar-refractivity contribution in [2.75, 3.05) is 7.11 Å². The third-order valence-corrected chi connectivity index (χ3v) is 3.79. The highest BCUT2D eigenvalue weighted by Gasteiger charge is 2.13. The Kier molecular flexibility index (Phi) is 3.52. The van der Waals surface area contributed by atoms with Gasteiger partial charge in [-0.3, -0.25) is 4.40 Å². The van der Waals surface area contributed by atoms with Crippen LogP contribution in [0, 0.1) is 6.92 Å². The first-order chi connectivity index (χ1) is 9.74. The van der Waals surface area contributed by atoms with Crippen LogP contribution in [0.5, 0.6) is 11.5 Å². The van der Waals surface area contributed by atoms with E-state index in [0.717, 1.165) is 34.0 Å². The van der Waals surface area contributed by atoms with E-state index < -0.39 is 0 Å². The Morgan fingerprint density at radius 3 is 2.80 bits per heavy atom. The van der Waals surface area contributed by atoms with Crippen LogP contribution in [0.3, 0.4) is 0 Å². The lowest BCUT2D eigenvalue weighted by atomic mass is 10.0. The molecule has 1 aromatic carbocycles. The monoisotopic (exact) mass is 380 g/mol. The summed E-state index contributed by atoms with van der Waals surface area (Å²) >= 11 is 1.86. The summed E-state index contributed by atoms with van der Waals surface area (Å²) in [5, 5.41) is 0. The molecule has 0 saturated heterocycles. The molecule has 3 aromatic rings. The predicted octanol–water partition coefficient (Wildman–Crippen LogP) is 4.05. The average molecular weight is 380 g/mol. The Labute approximate surface area is 131 Å². The van der Waals surface area contributed by atoms with E-state index in [2.05, 4.69) is 22.4 Å². The van der Waals surface area contributed by atoms with Crippen LogP contribution in [-0.4, -0.2) is 16.5 Å². The zero-order chi connectivity index (χ0) is 14.1. The van der Waals surface area contributed by atoms with Gasteiger partial charge in [-0.15, -0.1) is 0 Å². The Bertz CT molecular complexity index is 768. The molecule has 0 aliphatic heterocycles. The molecular formula is C15H13IN2O2. The maximum atomic E-state index is 5.51. The fourth-order valence-electron chi connectivity index (χ4n) is 2.35. The molecule has 0 atom stereocenters. The number of hydrogen-bond acceptors (Lipinski definition) is 3. The van der Waals surface area contributed by atoms with Crippen molar-refractivity contribution in [3.8, 4) is 22.8 Å². The summed E-state index contributed by atoms with van der Waals surface area (Å²) in [5.74, 6) is 1.55. The first-order valence-electron chi connectivity index (χ1n) is 6.14. The van der Waals surface area contributed by atoms with Gasteiger partial charge in [-0.2, -0.15) is 0 Å². The maximum absolute atomic E-state index is 5.51. The largest absolute Gasteiger partial charge is 0.496 e. The number of methoxy groups -OCH3 is 1. The molecule has 0 aliphatic rings. The standard InChI is InChI=1S/C15H13IN2O2/c1-10-3-6-14-17-7-8-18(14)15(10)12-5-4-11(20-16)9-13(12)19-2/h3-9H,1-2H3. The highest BCUT2D eigenvalue weighted by molar-refractivity contribution is 14.1. The number of fused-ring (bicyclic) bond motifs is 1. The topological polar surface area (TPSA) is 35.8 Å². The number of halogens is 1. The Morgan fingerprint density at radius 1 is 1.20 bits per heavy atom. The molecule has 0 fully saturated rings. The lowest BCUT2D eigenvalue weighted by Gasteiger charge is -2.14. The van der Waals surface area contributed by atoms with E-state index in [-0.39, 0.29) is 0 Å². The normalized spacial score (nSPS) is 10.8. The molecule has 0 bridgehead atoms. The van der Waals surface area contributed by atoms with E-state index in [4.69, 9.17) is 7.80 Å². The summed E-state index contributed by atoms with van der Waals surface area (Å²) in [6.45, 7) is 2.08. The van der Waals surface area contributed by atoms with Gasteiger partial charge in [-0.05, 0) is 30.7 Å². The summed E-state index contributed by atoms with van der Waals surface area (Å²) in [6.07, 6.45) is 3.76. The van der Waals surface area contributed by atoms with Crippen molar-refractivity contribution in [2.45, 2.75) is 6.92 Å². The number of aromatic nitrogens is 2. The van der Waals surface area contributed by atoms with Crippen LogP contribution < -0.4 is 7.80 Å². The number of nitrogens with zero attached hydrogens (tertiary/aromatic N) is 2. The number of pyridine rings is 1. The molecule has 4 nitrogen and oxygen atoms in total. The zero-order valence-corrected chi connectivity index (χ0v) is 13.3.